The molecule has 0 saturated carbocycles. The van der Waals surface area contributed by atoms with Gasteiger partial charge in [0.1, 0.15) is 12.1 Å². The van der Waals surface area contributed by atoms with E-state index >= 15 is 0 Å². The molecule has 2 aromatic rings. The molecule has 9 heteroatoms. The summed E-state index contributed by atoms with van der Waals surface area (Å²) in [5.41, 5.74) is 8.02. The number of nitrogens with one attached hydrogen (secondary N) is 2. The molecule has 1 saturated heterocycles. The number of H-pyrrole nitrogens is 1. The molecule has 1 aliphatic rings. The molecule has 1 fully saturated rings. The summed E-state index contributed by atoms with van der Waals surface area (Å²) in [6, 6.07) is 4.71. The molecular formula is C19H24N4O5. The molecule has 0 aliphatic carbocycles. The number of fused-ring (bicyclic) bond motifs is 1. The summed E-state index contributed by atoms with van der Waals surface area (Å²) in [5.74, 6) is -2.27. The van der Waals surface area contributed by atoms with Crippen molar-refractivity contribution in [2.45, 2.75) is 37.4 Å². The largest absolute Gasteiger partial charge is 0.480 e. The molecule has 0 spiro atoms. The van der Waals surface area contributed by atoms with Gasteiger partial charge in [-0.2, -0.15) is 0 Å². The number of carbonyl (C=O) groups is 3. The zero-order valence-corrected chi connectivity index (χ0v) is 15.3. The first kappa shape index (κ1) is 19.8. The van der Waals surface area contributed by atoms with Crippen LogP contribution in [0.25, 0.3) is 10.9 Å². The maximum atomic E-state index is 12.9. The Hall–Kier alpha value is -2.91. The van der Waals surface area contributed by atoms with Crippen molar-refractivity contribution in [3.8, 4) is 0 Å². The Labute approximate surface area is 161 Å². The second-order valence-electron chi connectivity index (χ2n) is 6.94. The van der Waals surface area contributed by atoms with Crippen LogP contribution in [-0.4, -0.2) is 69.2 Å². The Bertz CT molecular complexity index is 880. The van der Waals surface area contributed by atoms with E-state index in [1.54, 1.807) is 0 Å². The predicted molar refractivity (Wildman–Crippen MR) is 101 cm³/mol. The van der Waals surface area contributed by atoms with Crippen molar-refractivity contribution >= 4 is 28.7 Å². The van der Waals surface area contributed by atoms with Crippen molar-refractivity contribution < 1.29 is 24.6 Å². The number of aliphatic hydroxyl groups is 1. The monoisotopic (exact) mass is 388 g/mol. The number of carbonyl (C=O) groups excluding carboxylic acids is 2. The van der Waals surface area contributed by atoms with Crippen molar-refractivity contribution in [2.24, 2.45) is 5.73 Å². The molecule has 0 bridgehead atoms. The molecular weight excluding hydrogens is 364 g/mol. The smallest absolute Gasteiger partial charge is 0.328 e. The lowest BCUT2D eigenvalue weighted by molar-refractivity contribution is -0.145. The summed E-state index contributed by atoms with van der Waals surface area (Å²) in [6.07, 6.45) is 3.20. The highest BCUT2D eigenvalue weighted by molar-refractivity contribution is 5.93. The molecule has 9 nitrogen and oxygen atoms in total. The summed E-state index contributed by atoms with van der Waals surface area (Å²) >= 11 is 0. The molecule has 150 valence electrons. The van der Waals surface area contributed by atoms with E-state index in [0.29, 0.717) is 25.8 Å². The molecule has 1 aromatic carbocycles. The maximum absolute atomic E-state index is 12.9. The maximum Gasteiger partial charge on any atom is 0.328 e. The molecule has 1 aliphatic heterocycles. The lowest BCUT2D eigenvalue weighted by Gasteiger charge is -2.27. The first-order chi connectivity index (χ1) is 13.4. The van der Waals surface area contributed by atoms with E-state index in [2.05, 4.69) is 10.3 Å². The molecule has 2 heterocycles. The number of hydrogen-bond donors (Lipinski definition) is 5. The first-order valence-corrected chi connectivity index (χ1v) is 9.17. The highest BCUT2D eigenvalue weighted by Gasteiger charge is 2.37. The van der Waals surface area contributed by atoms with E-state index in [4.69, 9.17) is 15.9 Å². The van der Waals surface area contributed by atoms with Gasteiger partial charge in [0.25, 0.3) is 0 Å². The topological polar surface area (TPSA) is 149 Å². The van der Waals surface area contributed by atoms with Crippen LogP contribution in [0, 0.1) is 0 Å². The van der Waals surface area contributed by atoms with E-state index in [-0.39, 0.29) is 5.91 Å². The summed E-state index contributed by atoms with van der Waals surface area (Å²) in [7, 11) is 0. The van der Waals surface area contributed by atoms with Gasteiger partial charge in [0, 0.05) is 23.6 Å². The second kappa shape index (κ2) is 8.41. The van der Waals surface area contributed by atoms with Gasteiger partial charge in [0.05, 0.1) is 12.6 Å². The fourth-order valence-electron chi connectivity index (χ4n) is 3.59. The number of para-hydroxylation sites is 1. The number of carboxylic acid groups (broad SMARTS) is 1. The van der Waals surface area contributed by atoms with Crippen LogP contribution in [0.5, 0.6) is 0 Å². The van der Waals surface area contributed by atoms with Crippen LogP contribution in [0.3, 0.4) is 0 Å². The summed E-state index contributed by atoms with van der Waals surface area (Å²) in [4.78, 5) is 40.8. The van der Waals surface area contributed by atoms with Gasteiger partial charge in [-0.05, 0) is 30.9 Å². The van der Waals surface area contributed by atoms with E-state index < -0.39 is 36.6 Å². The van der Waals surface area contributed by atoms with Crippen LogP contribution in [0.4, 0.5) is 0 Å². The van der Waals surface area contributed by atoms with Gasteiger partial charge < -0.3 is 31.1 Å². The highest BCUT2D eigenvalue weighted by atomic mass is 16.4. The molecule has 3 rings (SSSR count). The van der Waals surface area contributed by atoms with Crippen molar-refractivity contribution in [2.75, 3.05) is 13.2 Å². The number of carboxylic acids is 1. The van der Waals surface area contributed by atoms with Crippen LogP contribution in [0.1, 0.15) is 18.4 Å². The van der Waals surface area contributed by atoms with Crippen LogP contribution < -0.4 is 11.1 Å². The highest BCUT2D eigenvalue weighted by Crippen LogP contribution is 2.22. The number of benzene rings is 1. The lowest BCUT2D eigenvalue weighted by atomic mass is 10.0. The number of rotatable bonds is 7. The first-order valence-electron chi connectivity index (χ1n) is 9.17. The van der Waals surface area contributed by atoms with Crippen LogP contribution in [-0.2, 0) is 20.8 Å². The number of likely N-dealkylation sites (tertiary alicyclic amines) is 1. The van der Waals surface area contributed by atoms with Crippen LogP contribution >= 0.6 is 0 Å². The molecule has 0 radical (unpaired) electrons. The standard InChI is InChI=1S/C19H24N4O5/c20-13(8-11-9-21-14-5-2-1-4-12(11)14)18(26)23-7-3-6-16(23)17(25)22-15(10-24)19(27)28/h1-2,4-5,9,13,15-16,21,24H,3,6-8,10,20H2,(H,22,25)(H,27,28). The van der Waals surface area contributed by atoms with E-state index in [1.807, 2.05) is 30.5 Å². The zero-order valence-electron chi connectivity index (χ0n) is 15.3. The fraction of sp³-hybridized carbons (Fsp3) is 0.421. The molecule has 3 unspecified atom stereocenters. The average Bonchev–Trinajstić information content (AvgIpc) is 3.32. The summed E-state index contributed by atoms with van der Waals surface area (Å²) in [5, 5.41) is 21.3. The van der Waals surface area contributed by atoms with Crippen molar-refractivity contribution in [1.82, 2.24) is 15.2 Å². The SMILES string of the molecule is NC(Cc1c[nH]c2ccccc12)C(=O)N1CCCC1C(=O)NC(CO)C(=O)O. The minimum atomic E-state index is -1.40. The third-order valence-corrected chi connectivity index (χ3v) is 5.07. The number of nitrogens with zero attached hydrogens (tertiary/aromatic N) is 1. The number of amides is 2. The molecule has 1 aromatic heterocycles. The average molecular weight is 388 g/mol. The van der Waals surface area contributed by atoms with Gasteiger partial charge in [0.2, 0.25) is 11.8 Å². The van der Waals surface area contributed by atoms with Gasteiger partial charge in [-0.1, -0.05) is 18.2 Å². The minimum absolute atomic E-state index is 0.322. The van der Waals surface area contributed by atoms with Gasteiger partial charge >= 0.3 is 5.97 Å². The Morgan fingerprint density at radius 3 is 2.79 bits per heavy atom. The van der Waals surface area contributed by atoms with Crippen molar-refractivity contribution in [3.63, 3.8) is 0 Å². The summed E-state index contributed by atoms with van der Waals surface area (Å²) in [6.45, 7) is -0.336. The number of aliphatic carboxylic acids is 1. The lowest BCUT2D eigenvalue weighted by Crippen LogP contribution is -2.54. The second-order valence-corrected chi connectivity index (χ2v) is 6.94. The third kappa shape index (κ3) is 4.00. The molecule has 3 atom stereocenters. The van der Waals surface area contributed by atoms with Crippen molar-refractivity contribution in [1.29, 1.82) is 0 Å². The predicted octanol–water partition coefficient (Wildman–Crippen LogP) is -0.410. The van der Waals surface area contributed by atoms with Gasteiger partial charge in [0.15, 0.2) is 0 Å². The molecule has 2 amide bonds. The van der Waals surface area contributed by atoms with Crippen molar-refractivity contribution in [3.05, 3.63) is 36.0 Å². The van der Waals surface area contributed by atoms with E-state index in [1.165, 1.54) is 4.90 Å². The normalized spacial score (nSPS) is 18.8. The Balaban J connectivity index is 1.68. The minimum Gasteiger partial charge on any atom is -0.480 e. The van der Waals surface area contributed by atoms with Gasteiger partial charge in [-0.3, -0.25) is 9.59 Å². The Morgan fingerprint density at radius 2 is 2.07 bits per heavy atom. The number of aromatic amines is 1. The Kier molecular flexibility index (Phi) is 5.96. The molecule has 28 heavy (non-hydrogen) atoms. The van der Waals surface area contributed by atoms with E-state index in [0.717, 1.165) is 16.5 Å². The van der Waals surface area contributed by atoms with E-state index in [9.17, 15) is 14.4 Å². The molecule has 6 N–H and O–H groups in total. The quantitative estimate of drug-likeness (QED) is 0.435. The fourth-order valence-corrected chi connectivity index (χ4v) is 3.59. The number of aliphatic hydroxyl groups excluding tert-OH is 1. The number of hydrogen-bond acceptors (Lipinski definition) is 5. The van der Waals surface area contributed by atoms with Crippen LogP contribution in [0.2, 0.25) is 0 Å². The Morgan fingerprint density at radius 1 is 1.32 bits per heavy atom. The third-order valence-electron chi connectivity index (χ3n) is 5.07. The number of nitrogens with two attached hydrogens (primary N) is 1. The van der Waals surface area contributed by atoms with Gasteiger partial charge in [-0.15, -0.1) is 0 Å². The van der Waals surface area contributed by atoms with Crippen LogP contribution in [0.15, 0.2) is 30.5 Å². The number of aromatic nitrogens is 1. The van der Waals surface area contributed by atoms with Gasteiger partial charge in [-0.25, -0.2) is 4.79 Å². The summed E-state index contributed by atoms with van der Waals surface area (Å²) < 4.78 is 0. The zero-order chi connectivity index (χ0) is 20.3.